The molecule has 2 aromatic heterocycles. The first-order valence-corrected chi connectivity index (χ1v) is 6.98. The van der Waals surface area contributed by atoms with Crippen molar-refractivity contribution in [3.8, 4) is 5.88 Å². The van der Waals surface area contributed by atoms with Gasteiger partial charge in [-0.3, -0.25) is 0 Å². The highest BCUT2D eigenvalue weighted by Gasteiger charge is 2.22. The fourth-order valence-corrected chi connectivity index (χ4v) is 2.87. The second kappa shape index (κ2) is 4.94. The molecule has 0 bridgehead atoms. The zero-order chi connectivity index (χ0) is 12.4. The summed E-state index contributed by atoms with van der Waals surface area (Å²) in [6, 6.07) is 3.57. The highest BCUT2D eigenvalue weighted by molar-refractivity contribution is 7.09. The number of pyridine rings is 1. The van der Waals surface area contributed by atoms with Crippen molar-refractivity contribution in [3.63, 3.8) is 0 Å². The summed E-state index contributed by atoms with van der Waals surface area (Å²) in [7, 11) is 0. The highest BCUT2D eigenvalue weighted by atomic mass is 32.1. The van der Waals surface area contributed by atoms with Crippen LogP contribution in [0.3, 0.4) is 0 Å². The maximum absolute atomic E-state index is 5.76. The van der Waals surface area contributed by atoms with Gasteiger partial charge in [-0.25, -0.2) is 9.97 Å². The van der Waals surface area contributed by atoms with Crippen LogP contribution in [0.1, 0.15) is 35.9 Å². The second-order valence-electron chi connectivity index (χ2n) is 4.49. The number of hydrogen-bond donors (Lipinski definition) is 1. The average molecular weight is 261 g/mol. The van der Waals surface area contributed by atoms with Gasteiger partial charge in [0.25, 0.3) is 0 Å². The Labute approximate surface area is 110 Å². The van der Waals surface area contributed by atoms with Crippen LogP contribution < -0.4 is 10.5 Å². The molecule has 0 atom stereocenters. The molecule has 1 aliphatic carbocycles. The smallest absolute Gasteiger partial charge is 0.237 e. The molecule has 1 saturated carbocycles. The summed E-state index contributed by atoms with van der Waals surface area (Å²) in [5.74, 6) is 1.17. The Balaban J connectivity index is 1.63. The van der Waals surface area contributed by atoms with Gasteiger partial charge in [0.1, 0.15) is 6.61 Å². The molecule has 0 unspecified atom stereocenters. The van der Waals surface area contributed by atoms with Gasteiger partial charge in [0.15, 0.2) is 0 Å². The van der Waals surface area contributed by atoms with E-state index in [1.165, 1.54) is 24.3 Å². The summed E-state index contributed by atoms with van der Waals surface area (Å²) in [6.45, 7) is 0.435. The van der Waals surface area contributed by atoms with Crippen molar-refractivity contribution < 1.29 is 4.74 Å². The minimum atomic E-state index is 0.435. The largest absolute Gasteiger partial charge is 0.470 e. The average Bonchev–Trinajstić information content (AvgIpc) is 2.74. The lowest BCUT2D eigenvalue weighted by Gasteiger charge is -2.22. The number of aromatic nitrogens is 2. The molecular weight excluding hydrogens is 246 g/mol. The number of hydrogen-bond acceptors (Lipinski definition) is 5. The lowest BCUT2D eigenvalue weighted by Crippen LogP contribution is -2.08. The molecule has 1 fully saturated rings. The molecule has 4 nitrogen and oxygen atoms in total. The second-order valence-corrected chi connectivity index (χ2v) is 5.38. The van der Waals surface area contributed by atoms with E-state index in [1.54, 1.807) is 29.7 Å². The van der Waals surface area contributed by atoms with E-state index >= 15 is 0 Å². The maximum Gasteiger partial charge on any atom is 0.237 e. The molecule has 0 radical (unpaired) electrons. The van der Waals surface area contributed by atoms with E-state index < -0.39 is 0 Å². The summed E-state index contributed by atoms with van der Waals surface area (Å²) >= 11 is 1.73. The molecule has 2 aromatic rings. The predicted octanol–water partition coefficient (Wildman–Crippen LogP) is 2.97. The number of rotatable bonds is 4. The molecule has 3 rings (SSSR count). The number of anilines is 1. The van der Waals surface area contributed by atoms with Crippen LogP contribution >= 0.6 is 11.3 Å². The maximum atomic E-state index is 5.76. The summed E-state index contributed by atoms with van der Waals surface area (Å²) < 4.78 is 5.58. The van der Waals surface area contributed by atoms with Crippen molar-refractivity contribution in [1.82, 2.24) is 9.97 Å². The van der Waals surface area contributed by atoms with Crippen molar-refractivity contribution in [1.29, 1.82) is 0 Å². The molecule has 0 spiro atoms. The monoisotopic (exact) mass is 261 g/mol. The van der Waals surface area contributed by atoms with Gasteiger partial charge in [-0.05, 0) is 25.0 Å². The van der Waals surface area contributed by atoms with Crippen molar-refractivity contribution in [2.24, 2.45) is 0 Å². The van der Waals surface area contributed by atoms with E-state index in [4.69, 9.17) is 10.5 Å². The third-order valence-electron chi connectivity index (χ3n) is 3.18. The van der Waals surface area contributed by atoms with Crippen molar-refractivity contribution in [3.05, 3.63) is 34.4 Å². The van der Waals surface area contributed by atoms with Gasteiger partial charge < -0.3 is 10.5 Å². The fourth-order valence-electron chi connectivity index (χ4n) is 1.90. The van der Waals surface area contributed by atoms with Crippen molar-refractivity contribution in [2.75, 3.05) is 5.73 Å². The fraction of sp³-hybridized carbons (Fsp3) is 0.385. The predicted molar refractivity (Wildman–Crippen MR) is 71.7 cm³/mol. The van der Waals surface area contributed by atoms with Crippen LogP contribution in [0.4, 0.5) is 5.69 Å². The van der Waals surface area contributed by atoms with E-state index in [-0.39, 0.29) is 0 Å². The molecular formula is C13H15N3OS. The number of nitrogens with zero attached hydrogens (tertiary/aromatic N) is 2. The van der Waals surface area contributed by atoms with Gasteiger partial charge in [0.05, 0.1) is 16.4 Å². The Bertz CT molecular complexity index is 537. The van der Waals surface area contributed by atoms with Gasteiger partial charge in [-0.15, -0.1) is 11.3 Å². The Morgan fingerprint density at radius 2 is 2.33 bits per heavy atom. The molecule has 0 saturated heterocycles. The Kier molecular flexibility index (Phi) is 3.15. The highest BCUT2D eigenvalue weighted by Crippen LogP contribution is 2.37. The van der Waals surface area contributed by atoms with E-state index in [2.05, 4.69) is 15.3 Å². The summed E-state index contributed by atoms with van der Waals surface area (Å²) in [5, 5.41) is 3.31. The van der Waals surface area contributed by atoms with Crippen LogP contribution in [0.15, 0.2) is 23.7 Å². The van der Waals surface area contributed by atoms with Crippen LogP contribution in [0.2, 0.25) is 0 Å². The SMILES string of the molecule is Nc1cccnc1OCc1csc(C2CCC2)n1. The molecule has 0 amide bonds. The van der Waals surface area contributed by atoms with E-state index in [0.29, 0.717) is 24.1 Å². The zero-order valence-electron chi connectivity index (χ0n) is 10.0. The van der Waals surface area contributed by atoms with Crippen molar-refractivity contribution >= 4 is 17.0 Å². The first-order chi connectivity index (χ1) is 8.83. The van der Waals surface area contributed by atoms with Gasteiger partial charge >= 0.3 is 0 Å². The molecule has 2 heterocycles. The topological polar surface area (TPSA) is 61.0 Å². The first-order valence-electron chi connectivity index (χ1n) is 6.10. The van der Waals surface area contributed by atoms with Gasteiger partial charge in [-0.1, -0.05) is 6.42 Å². The zero-order valence-corrected chi connectivity index (χ0v) is 10.8. The molecule has 18 heavy (non-hydrogen) atoms. The molecule has 94 valence electrons. The Morgan fingerprint density at radius 1 is 1.44 bits per heavy atom. The van der Waals surface area contributed by atoms with Crippen LogP contribution in [0, 0.1) is 0 Å². The summed E-state index contributed by atoms with van der Waals surface area (Å²) in [5.41, 5.74) is 7.29. The Morgan fingerprint density at radius 3 is 3.06 bits per heavy atom. The Hall–Kier alpha value is -1.62. The van der Waals surface area contributed by atoms with Gasteiger partial charge in [0.2, 0.25) is 5.88 Å². The third kappa shape index (κ3) is 2.31. The van der Waals surface area contributed by atoms with Crippen molar-refractivity contribution in [2.45, 2.75) is 31.8 Å². The third-order valence-corrected chi connectivity index (χ3v) is 4.24. The quantitative estimate of drug-likeness (QED) is 0.919. The molecule has 2 N–H and O–H groups in total. The normalized spacial score (nSPS) is 15.3. The number of nitrogen functional groups attached to an aromatic ring is 1. The molecule has 5 heteroatoms. The van der Waals surface area contributed by atoms with Crippen LogP contribution in [-0.2, 0) is 6.61 Å². The minimum Gasteiger partial charge on any atom is -0.470 e. The lowest BCUT2D eigenvalue weighted by molar-refractivity contribution is 0.291. The lowest BCUT2D eigenvalue weighted by atomic mass is 9.86. The number of thiazole rings is 1. The van der Waals surface area contributed by atoms with Gasteiger partial charge in [0, 0.05) is 17.5 Å². The summed E-state index contributed by atoms with van der Waals surface area (Å²) in [6.07, 6.45) is 5.56. The van der Waals surface area contributed by atoms with Crippen LogP contribution in [-0.4, -0.2) is 9.97 Å². The summed E-state index contributed by atoms with van der Waals surface area (Å²) in [4.78, 5) is 8.69. The van der Waals surface area contributed by atoms with Crippen LogP contribution in [0.25, 0.3) is 0 Å². The van der Waals surface area contributed by atoms with E-state index in [1.807, 2.05) is 0 Å². The van der Waals surface area contributed by atoms with Crippen LogP contribution in [0.5, 0.6) is 5.88 Å². The molecule has 0 aliphatic heterocycles. The van der Waals surface area contributed by atoms with E-state index in [9.17, 15) is 0 Å². The van der Waals surface area contributed by atoms with E-state index in [0.717, 1.165) is 5.69 Å². The first kappa shape index (κ1) is 11.5. The number of nitrogens with two attached hydrogens (primary N) is 1. The number of ether oxygens (including phenoxy) is 1. The van der Waals surface area contributed by atoms with Gasteiger partial charge in [-0.2, -0.15) is 0 Å². The standard InChI is InChI=1S/C13H15N3OS/c14-11-5-2-6-15-12(11)17-7-10-8-18-13(16-10)9-3-1-4-9/h2,5-6,8-9H,1,3-4,7,14H2. The minimum absolute atomic E-state index is 0.435. The molecule has 1 aliphatic rings. The molecule has 0 aromatic carbocycles.